The number of para-hydroxylation sites is 2. The second kappa shape index (κ2) is 9.37. The van der Waals surface area contributed by atoms with Crippen molar-refractivity contribution in [3.8, 4) is 33.9 Å². The van der Waals surface area contributed by atoms with Crippen molar-refractivity contribution in [3.05, 3.63) is 146 Å². The molecule has 0 bridgehead atoms. The predicted octanol–water partition coefficient (Wildman–Crippen LogP) is 10.8. The topological polar surface area (TPSA) is 38.9 Å². The number of aromatic nitrogens is 2. The minimum Gasteiger partial charge on any atom is -0.455 e. The molecule has 0 aliphatic carbocycles. The van der Waals surface area contributed by atoms with Crippen LogP contribution in [-0.4, -0.2) is 9.97 Å². The summed E-state index contributed by atoms with van der Waals surface area (Å²) in [6.07, 6.45) is 0. The average Bonchev–Trinajstić information content (AvgIpc) is 3.46. The van der Waals surface area contributed by atoms with Crippen molar-refractivity contribution < 1.29 is 4.42 Å². The van der Waals surface area contributed by atoms with Crippen molar-refractivity contribution in [2.75, 3.05) is 0 Å². The molecule has 2 aromatic heterocycles. The first-order valence-corrected chi connectivity index (χ1v) is 14.5. The summed E-state index contributed by atoms with van der Waals surface area (Å²) in [5.74, 6) is 0.683. The molecule has 0 aliphatic rings. The summed E-state index contributed by atoms with van der Waals surface area (Å²) in [7, 11) is 0. The van der Waals surface area contributed by atoms with E-state index in [-0.39, 0.29) is 0 Å². The zero-order chi connectivity index (χ0) is 28.3. The molecular formula is C40H24N2O. The lowest BCUT2D eigenvalue weighted by Gasteiger charge is -2.16. The van der Waals surface area contributed by atoms with Crippen molar-refractivity contribution in [3.63, 3.8) is 0 Å². The second-order valence-corrected chi connectivity index (χ2v) is 11.0. The molecule has 43 heavy (non-hydrogen) atoms. The number of rotatable bonds is 3. The Kier molecular flexibility index (Phi) is 5.20. The molecule has 7 aromatic carbocycles. The molecule has 0 unspecified atom stereocenters. The minimum absolute atomic E-state index is 0.683. The van der Waals surface area contributed by atoms with E-state index in [0.717, 1.165) is 55.4 Å². The van der Waals surface area contributed by atoms with Crippen LogP contribution in [0.2, 0.25) is 0 Å². The number of fused-ring (bicyclic) bond motifs is 7. The molecule has 0 saturated carbocycles. The van der Waals surface area contributed by atoms with Gasteiger partial charge >= 0.3 is 0 Å². The Balaban J connectivity index is 1.43. The largest absolute Gasteiger partial charge is 0.455 e. The molecule has 3 nitrogen and oxygen atoms in total. The smallest absolute Gasteiger partial charge is 0.160 e. The minimum atomic E-state index is 0.683. The highest BCUT2D eigenvalue weighted by Gasteiger charge is 2.19. The first-order valence-electron chi connectivity index (χ1n) is 14.5. The van der Waals surface area contributed by atoms with Gasteiger partial charge in [-0.15, -0.1) is 0 Å². The first kappa shape index (κ1) is 23.9. The van der Waals surface area contributed by atoms with Crippen LogP contribution >= 0.6 is 0 Å². The summed E-state index contributed by atoms with van der Waals surface area (Å²) in [5, 5.41) is 9.32. The molecule has 2 heterocycles. The van der Waals surface area contributed by atoms with Gasteiger partial charge < -0.3 is 4.42 Å². The van der Waals surface area contributed by atoms with E-state index in [1.165, 1.54) is 26.9 Å². The Labute approximate surface area is 247 Å². The van der Waals surface area contributed by atoms with Crippen molar-refractivity contribution in [2.45, 2.75) is 0 Å². The van der Waals surface area contributed by atoms with Crippen LogP contribution in [0.15, 0.2) is 150 Å². The summed E-state index contributed by atoms with van der Waals surface area (Å²) in [6, 6.07) is 50.8. The third-order valence-corrected chi connectivity index (χ3v) is 8.45. The molecule has 0 fully saturated rings. The number of nitrogens with zero attached hydrogens (tertiary/aromatic N) is 2. The number of benzene rings is 7. The summed E-state index contributed by atoms with van der Waals surface area (Å²) in [6.45, 7) is 0. The van der Waals surface area contributed by atoms with Gasteiger partial charge in [0.05, 0.1) is 11.4 Å². The third kappa shape index (κ3) is 3.75. The van der Waals surface area contributed by atoms with Crippen LogP contribution in [-0.2, 0) is 0 Å². The van der Waals surface area contributed by atoms with Gasteiger partial charge in [0.25, 0.3) is 0 Å². The van der Waals surface area contributed by atoms with Gasteiger partial charge in [0.2, 0.25) is 0 Å². The van der Waals surface area contributed by atoms with Gasteiger partial charge in [0, 0.05) is 27.5 Å². The highest BCUT2D eigenvalue weighted by Crippen LogP contribution is 2.42. The molecule has 0 radical (unpaired) electrons. The van der Waals surface area contributed by atoms with E-state index in [9.17, 15) is 0 Å². The van der Waals surface area contributed by atoms with Gasteiger partial charge in [-0.05, 0) is 56.6 Å². The Hall–Kier alpha value is -5.80. The maximum atomic E-state index is 6.47. The van der Waals surface area contributed by atoms with E-state index >= 15 is 0 Å². The molecule has 0 atom stereocenters. The maximum absolute atomic E-state index is 6.47. The van der Waals surface area contributed by atoms with E-state index < -0.39 is 0 Å². The van der Waals surface area contributed by atoms with Gasteiger partial charge in [-0.2, -0.15) is 0 Å². The second-order valence-electron chi connectivity index (χ2n) is 11.0. The molecule has 0 amide bonds. The highest BCUT2D eigenvalue weighted by atomic mass is 16.3. The van der Waals surface area contributed by atoms with Gasteiger partial charge in [-0.25, -0.2) is 9.97 Å². The number of hydrogen-bond donors (Lipinski definition) is 0. The maximum Gasteiger partial charge on any atom is 0.160 e. The summed E-state index contributed by atoms with van der Waals surface area (Å²) in [4.78, 5) is 10.5. The quantitative estimate of drug-likeness (QED) is 0.163. The lowest BCUT2D eigenvalue weighted by molar-refractivity contribution is 0.670. The fourth-order valence-corrected chi connectivity index (χ4v) is 6.48. The van der Waals surface area contributed by atoms with Crippen molar-refractivity contribution in [1.29, 1.82) is 0 Å². The molecule has 9 rings (SSSR count). The Morgan fingerprint density at radius 3 is 2.00 bits per heavy atom. The van der Waals surface area contributed by atoms with E-state index in [1.54, 1.807) is 0 Å². The van der Waals surface area contributed by atoms with E-state index in [4.69, 9.17) is 14.4 Å². The monoisotopic (exact) mass is 548 g/mol. The van der Waals surface area contributed by atoms with E-state index in [2.05, 4.69) is 115 Å². The molecule has 0 spiro atoms. The van der Waals surface area contributed by atoms with Gasteiger partial charge in [0.15, 0.2) is 5.82 Å². The molecule has 3 heteroatoms. The SMILES string of the molecule is c1ccc(-c2nc(-c3cccc4c3oc3ccccc34)cc(-c3c4ccccc4cc4ccc5ccccc5c34)n2)cc1. The normalized spacial score (nSPS) is 11.7. The summed E-state index contributed by atoms with van der Waals surface area (Å²) < 4.78 is 6.47. The number of furan rings is 1. The van der Waals surface area contributed by atoms with Crippen LogP contribution in [0, 0.1) is 0 Å². The van der Waals surface area contributed by atoms with Crippen LogP contribution in [0.3, 0.4) is 0 Å². The lowest BCUT2D eigenvalue weighted by Crippen LogP contribution is -1.97. The molecule has 9 aromatic rings. The molecule has 0 saturated heterocycles. The summed E-state index contributed by atoms with van der Waals surface area (Å²) in [5.41, 5.74) is 6.45. The summed E-state index contributed by atoms with van der Waals surface area (Å²) >= 11 is 0. The Morgan fingerprint density at radius 2 is 1.12 bits per heavy atom. The van der Waals surface area contributed by atoms with Crippen molar-refractivity contribution >= 4 is 54.3 Å². The van der Waals surface area contributed by atoms with Crippen LogP contribution in [0.25, 0.3) is 88.2 Å². The lowest BCUT2D eigenvalue weighted by atomic mass is 9.90. The van der Waals surface area contributed by atoms with Crippen LogP contribution in [0.4, 0.5) is 0 Å². The highest BCUT2D eigenvalue weighted by molar-refractivity contribution is 6.21. The van der Waals surface area contributed by atoms with Gasteiger partial charge in [0.1, 0.15) is 11.2 Å². The molecule has 0 N–H and O–H groups in total. The standard InChI is InChI=1S/C40H24N2O/c1-2-12-26(13-3-1)40-41-34(33-19-10-18-32-31-17-8-9-20-36(31)43-39(32)33)24-35(42-40)38-30-16-7-5-14-27(30)23-28-22-21-25-11-4-6-15-29(25)37(28)38/h1-24H. The number of hydrogen-bond acceptors (Lipinski definition) is 3. The fraction of sp³-hybridized carbons (Fsp3) is 0. The molecule has 200 valence electrons. The first-order chi connectivity index (χ1) is 21.3. The van der Waals surface area contributed by atoms with Crippen LogP contribution in [0.5, 0.6) is 0 Å². The zero-order valence-electron chi connectivity index (χ0n) is 23.2. The van der Waals surface area contributed by atoms with Crippen molar-refractivity contribution in [1.82, 2.24) is 9.97 Å². The van der Waals surface area contributed by atoms with Crippen molar-refractivity contribution in [2.24, 2.45) is 0 Å². The van der Waals surface area contributed by atoms with Gasteiger partial charge in [-0.1, -0.05) is 121 Å². The third-order valence-electron chi connectivity index (χ3n) is 8.45. The zero-order valence-corrected chi connectivity index (χ0v) is 23.2. The molecular weight excluding hydrogens is 524 g/mol. The van der Waals surface area contributed by atoms with E-state index in [0.29, 0.717) is 5.82 Å². The predicted molar refractivity (Wildman–Crippen MR) is 178 cm³/mol. The van der Waals surface area contributed by atoms with E-state index in [1.807, 2.05) is 30.3 Å². The fourth-order valence-electron chi connectivity index (χ4n) is 6.48. The molecule has 0 aliphatic heterocycles. The average molecular weight is 549 g/mol. The van der Waals surface area contributed by atoms with Crippen LogP contribution < -0.4 is 0 Å². The van der Waals surface area contributed by atoms with Gasteiger partial charge in [-0.3, -0.25) is 0 Å². The Bertz CT molecular complexity index is 2510. The Morgan fingerprint density at radius 1 is 0.442 bits per heavy atom. The van der Waals surface area contributed by atoms with Crippen LogP contribution in [0.1, 0.15) is 0 Å².